The van der Waals surface area contributed by atoms with E-state index in [1.807, 2.05) is 6.92 Å². The molecule has 0 aliphatic heterocycles. The molecule has 0 aromatic carbocycles. The summed E-state index contributed by atoms with van der Waals surface area (Å²) in [7, 11) is 0. The summed E-state index contributed by atoms with van der Waals surface area (Å²) >= 11 is 0. The van der Waals surface area contributed by atoms with Crippen LogP contribution in [0, 0.1) is 11.8 Å². The molecule has 1 saturated carbocycles. The lowest BCUT2D eigenvalue weighted by Gasteiger charge is -2.39. The van der Waals surface area contributed by atoms with E-state index in [0.717, 1.165) is 25.7 Å². The molecule has 2 aliphatic rings. The number of carbonyl (C=O) groups is 2. The highest BCUT2D eigenvalue weighted by Crippen LogP contribution is 2.40. The average molecular weight is 250 g/mol. The van der Waals surface area contributed by atoms with E-state index < -0.39 is 0 Å². The van der Waals surface area contributed by atoms with Crippen molar-refractivity contribution in [2.75, 3.05) is 0 Å². The molecule has 2 rings (SSSR count). The highest BCUT2D eigenvalue weighted by molar-refractivity contribution is 5.91. The molecule has 0 bridgehead atoms. The minimum Gasteiger partial charge on any atom is -0.462 e. The van der Waals surface area contributed by atoms with Crippen LogP contribution >= 0.6 is 0 Å². The summed E-state index contributed by atoms with van der Waals surface area (Å²) in [5.74, 6) is 0.719. The van der Waals surface area contributed by atoms with Crippen LogP contribution < -0.4 is 0 Å². The van der Waals surface area contributed by atoms with E-state index in [0.29, 0.717) is 18.8 Å². The third-order valence-corrected chi connectivity index (χ3v) is 4.00. The van der Waals surface area contributed by atoms with Crippen molar-refractivity contribution in [2.45, 2.75) is 58.5 Å². The maximum atomic E-state index is 11.6. The van der Waals surface area contributed by atoms with Gasteiger partial charge in [0.05, 0.1) is 0 Å². The van der Waals surface area contributed by atoms with Gasteiger partial charge in [0.15, 0.2) is 5.78 Å². The lowest BCUT2D eigenvalue weighted by atomic mass is 9.70. The van der Waals surface area contributed by atoms with E-state index in [-0.39, 0.29) is 23.8 Å². The normalized spacial score (nSPS) is 31.6. The number of ketones is 1. The molecule has 100 valence electrons. The molecule has 1 unspecified atom stereocenters. The van der Waals surface area contributed by atoms with Gasteiger partial charge >= 0.3 is 5.97 Å². The van der Waals surface area contributed by atoms with Gasteiger partial charge in [-0.25, -0.2) is 0 Å². The van der Waals surface area contributed by atoms with E-state index in [4.69, 9.17) is 4.74 Å². The van der Waals surface area contributed by atoms with Crippen molar-refractivity contribution in [1.82, 2.24) is 0 Å². The summed E-state index contributed by atoms with van der Waals surface area (Å²) < 4.78 is 5.62. The maximum Gasteiger partial charge on any atom is 0.306 e. The van der Waals surface area contributed by atoms with Crippen LogP contribution in [0.1, 0.15) is 52.4 Å². The lowest BCUT2D eigenvalue weighted by Crippen LogP contribution is -2.38. The molecule has 0 aromatic heterocycles. The second kappa shape index (κ2) is 5.68. The van der Waals surface area contributed by atoms with E-state index >= 15 is 0 Å². The molecule has 0 spiro atoms. The SMILES string of the molecule is CCCC(=O)O[C@@H]1CCCC2=CC(=O)CC(C)[C@H]21. The van der Waals surface area contributed by atoms with Crippen molar-refractivity contribution in [3.63, 3.8) is 0 Å². The molecule has 0 aromatic rings. The predicted molar refractivity (Wildman–Crippen MR) is 69.0 cm³/mol. The van der Waals surface area contributed by atoms with Gasteiger partial charge in [-0.2, -0.15) is 0 Å². The van der Waals surface area contributed by atoms with E-state index in [1.165, 1.54) is 5.57 Å². The minimum atomic E-state index is -0.0900. The first kappa shape index (κ1) is 13.3. The van der Waals surface area contributed by atoms with Crippen LogP contribution in [0.3, 0.4) is 0 Å². The van der Waals surface area contributed by atoms with Crippen LogP contribution in [0.15, 0.2) is 11.6 Å². The first-order chi connectivity index (χ1) is 8.61. The molecular weight excluding hydrogens is 228 g/mol. The van der Waals surface area contributed by atoms with Crippen LogP contribution in [0.5, 0.6) is 0 Å². The quantitative estimate of drug-likeness (QED) is 0.723. The Labute approximate surface area is 109 Å². The molecule has 3 atom stereocenters. The highest BCUT2D eigenvalue weighted by atomic mass is 16.5. The Morgan fingerprint density at radius 3 is 3.00 bits per heavy atom. The Morgan fingerprint density at radius 1 is 1.50 bits per heavy atom. The monoisotopic (exact) mass is 250 g/mol. The molecule has 3 nitrogen and oxygen atoms in total. The fourth-order valence-electron chi connectivity index (χ4n) is 3.27. The standard InChI is InChI=1S/C15H22O3/c1-3-5-14(17)18-13-7-4-6-11-9-12(16)8-10(2)15(11)13/h9-10,13,15H,3-8H2,1-2H3/t10?,13-,15-/m1/s1. The number of esters is 1. The number of rotatable bonds is 3. The smallest absolute Gasteiger partial charge is 0.306 e. The second-order valence-corrected chi connectivity index (χ2v) is 5.56. The summed E-state index contributed by atoms with van der Waals surface area (Å²) in [5.41, 5.74) is 1.21. The van der Waals surface area contributed by atoms with Crippen molar-refractivity contribution in [3.05, 3.63) is 11.6 Å². The summed E-state index contributed by atoms with van der Waals surface area (Å²) in [6, 6.07) is 0. The van der Waals surface area contributed by atoms with Crippen LogP contribution in [0.2, 0.25) is 0 Å². The molecule has 3 heteroatoms. The van der Waals surface area contributed by atoms with Gasteiger partial charge in [0.2, 0.25) is 0 Å². The largest absolute Gasteiger partial charge is 0.462 e. The topological polar surface area (TPSA) is 43.4 Å². The van der Waals surface area contributed by atoms with Gasteiger partial charge in [0.25, 0.3) is 0 Å². The Balaban J connectivity index is 2.09. The zero-order valence-corrected chi connectivity index (χ0v) is 11.3. The molecule has 18 heavy (non-hydrogen) atoms. The van der Waals surface area contributed by atoms with Gasteiger partial charge in [-0.3, -0.25) is 9.59 Å². The first-order valence-corrected chi connectivity index (χ1v) is 7.04. The Bertz CT molecular complexity index is 370. The van der Waals surface area contributed by atoms with Gasteiger partial charge in [-0.05, 0) is 37.7 Å². The van der Waals surface area contributed by atoms with Gasteiger partial charge in [-0.15, -0.1) is 0 Å². The fraction of sp³-hybridized carbons (Fsp3) is 0.733. The zero-order chi connectivity index (χ0) is 13.1. The van der Waals surface area contributed by atoms with Crippen LogP contribution in [-0.4, -0.2) is 17.9 Å². The van der Waals surface area contributed by atoms with Crippen LogP contribution in [-0.2, 0) is 14.3 Å². The molecule has 0 saturated heterocycles. The number of carbonyl (C=O) groups excluding carboxylic acids is 2. The van der Waals surface area contributed by atoms with Crippen molar-refractivity contribution < 1.29 is 14.3 Å². The first-order valence-electron chi connectivity index (χ1n) is 7.04. The summed E-state index contributed by atoms with van der Waals surface area (Å²) in [5, 5.41) is 0. The second-order valence-electron chi connectivity index (χ2n) is 5.56. The highest BCUT2D eigenvalue weighted by Gasteiger charge is 2.38. The molecular formula is C15H22O3. The fourth-order valence-corrected chi connectivity index (χ4v) is 3.27. The summed E-state index contributed by atoms with van der Waals surface area (Å²) in [6.07, 6.45) is 6.65. The zero-order valence-electron chi connectivity index (χ0n) is 11.3. The van der Waals surface area contributed by atoms with Gasteiger partial charge in [-0.1, -0.05) is 19.4 Å². The summed E-state index contributed by atoms with van der Waals surface area (Å²) in [4.78, 5) is 23.2. The molecule has 0 amide bonds. The van der Waals surface area contributed by atoms with Gasteiger partial charge < -0.3 is 4.74 Å². The lowest BCUT2D eigenvalue weighted by molar-refractivity contribution is -0.153. The molecule has 0 N–H and O–H groups in total. The minimum absolute atomic E-state index is 0.00727. The predicted octanol–water partition coefficient (Wildman–Crippen LogP) is 3.03. The van der Waals surface area contributed by atoms with Crippen molar-refractivity contribution in [1.29, 1.82) is 0 Å². The third kappa shape index (κ3) is 2.82. The van der Waals surface area contributed by atoms with Crippen LogP contribution in [0.4, 0.5) is 0 Å². The average Bonchev–Trinajstić information content (AvgIpc) is 2.28. The van der Waals surface area contributed by atoms with E-state index in [9.17, 15) is 9.59 Å². The van der Waals surface area contributed by atoms with E-state index in [2.05, 4.69) is 6.92 Å². The Morgan fingerprint density at radius 2 is 2.28 bits per heavy atom. The Kier molecular flexibility index (Phi) is 4.20. The van der Waals surface area contributed by atoms with Crippen molar-refractivity contribution in [2.24, 2.45) is 11.8 Å². The number of fused-ring (bicyclic) bond motifs is 1. The molecule has 2 aliphatic carbocycles. The molecule has 1 fully saturated rings. The number of hydrogen-bond donors (Lipinski definition) is 0. The molecule has 0 radical (unpaired) electrons. The molecule has 0 heterocycles. The van der Waals surface area contributed by atoms with Crippen molar-refractivity contribution >= 4 is 11.8 Å². The van der Waals surface area contributed by atoms with Gasteiger partial charge in [0, 0.05) is 18.8 Å². The Hall–Kier alpha value is -1.12. The third-order valence-electron chi connectivity index (χ3n) is 4.00. The van der Waals surface area contributed by atoms with Gasteiger partial charge in [0.1, 0.15) is 6.10 Å². The number of allylic oxidation sites excluding steroid dienone is 1. The summed E-state index contributed by atoms with van der Waals surface area (Å²) in [6.45, 7) is 4.08. The number of ether oxygens (including phenoxy) is 1. The van der Waals surface area contributed by atoms with Crippen LogP contribution in [0.25, 0.3) is 0 Å². The van der Waals surface area contributed by atoms with E-state index in [1.54, 1.807) is 6.08 Å². The van der Waals surface area contributed by atoms with Crippen molar-refractivity contribution in [3.8, 4) is 0 Å². The maximum absolute atomic E-state index is 11.6. The number of hydrogen-bond acceptors (Lipinski definition) is 3.